The third-order valence-electron chi connectivity index (χ3n) is 4.39. The van der Waals surface area contributed by atoms with Crippen LogP contribution in [0.15, 0.2) is 24.5 Å². The average molecular weight is 421 g/mol. The molecule has 4 atom stereocenters. The number of nitrogens with zero attached hydrogens (tertiary/aromatic N) is 3. The summed E-state index contributed by atoms with van der Waals surface area (Å²) in [6, 6.07) is 4.38. The summed E-state index contributed by atoms with van der Waals surface area (Å²) in [5.74, 6) is -1.88. The van der Waals surface area contributed by atoms with Crippen molar-refractivity contribution in [3.63, 3.8) is 0 Å². The van der Waals surface area contributed by atoms with Gasteiger partial charge in [-0.05, 0) is 6.07 Å². The van der Waals surface area contributed by atoms with Crippen LogP contribution in [0.2, 0.25) is 0 Å². The van der Waals surface area contributed by atoms with E-state index in [1.54, 1.807) is 6.07 Å². The highest BCUT2D eigenvalue weighted by Gasteiger charge is 2.51. The van der Waals surface area contributed by atoms with Crippen LogP contribution in [-0.2, 0) is 33.3 Å². The molecule has 0 N–H and O–H groups in total. The summed E-state index contributed by atoms with van der Waals surface area (Å²) >= 11 is 0. The van der Waals surface area contributed by atoms with E-state index in [0.717, 1.165) is 0 Å². The maximum Gasteiger partial charge on any atom is 0.303 e. The summed E-state index contributed by atoms with van der Waals surface area (Å²) in [5.41, 5.74) is 0.252. The largest absolute Gasteiger partial charge is 0.463 e. The number of nitro groups is 1. The Morgan fingerprint density at radius 2 is 1.80 bits per heavy atom. The smallest absolute Gasteiger partial charge is 0.303 e. The molecule has 30 heavy (non-hydrogen) atoms. The molecule has 0 spiro atoms. The van der Waals surface area contributed by atoms with Crippen molar-refractivity contribution in [2.45, 2.75) is 45.3 Å². The number of ether oxygens (including phenoxy) is 4. The number of carbonyl (C=O) groups excluding carboxylic acids is 3. The molecule has 1 aliphatic rings. The van der Waals surface area contributed by atoms with Gasteiger partial charge in [0, 0.05) is 26.8 Å². The molecule has 0 radical (unpaired) electrons. The number of esters is 3. The number of aromatic nitrogens is 2. The van der Waals surface area contributed by atoms with Gasteiger partial charge in [-0.2, -0.15) is 0 Å². The number of para-hydroxylation sites is 1. The lowest BCUT2D eigenvalue weighted by molar-refractivity contribution is -0.383. The van der Waals surface area contributed by atoms with Gasteiger partial charge in [-0.25, -0.2) is 4.98 Å². The Labute approximate surface area is 169 Å². The molecule has 1 fully saturated rings. The number of carbonyl (C=O) groups is 3. The maximum atomic E-state index is 11.7. The second-order valence-corrected chi connectivity index (χ2v) is 6.57. The van der Waals surface area contributed by atoms with Crippen molar-refractivity contribution in [3.05, 3.63) is 34.6 Å². The molecule has 1 aliphatic heterocycles. The van der Waals surface area contributed by atoms with Crippen LogP contribution in [0.5, 0.6) is 0 Å². The van der Waals surface area contributed by atoms with Crippen molar-refractivity contribution in [1.29, 1.82) is 0 Å². The molecule has 0 amide bonds. The second-order valence-electron chi connectivity index (χ2n) is 6.57. The Balaban J connectivity index is 2.04. The van der Waals surface area contributed by atoms with Crippen molar-refractivity contribution in [1.82, 2.24) is 9.55 Å². The molecule has 160 valence electrons. The fourth-order valence-electron chi connectivity index (χ4n) is 3.31. The fraction of sp³-hybridized carbons (Fsp3) is 0.444. The van der Waals surface area contributed by atoms with Gasteiger partial charge in [0.15, 0.2) is 24.0 Å². The molecular weight excluding hydrogens is 402 g/mol. The first-order valence-corrected chi connectivity index (χ1v) is 8.92. The van der Waals surface area contributed by atoms with E-state index >= 15 is 0 Å². The van der Waals surface area contributed by atoms with Crippen LogP contribution < -0.4 is 0 Å². The van der Waals surface area contributed by atoms with E-state index in [-0.39, 0.29) is 17.8 Å². The Kier molecular flexibility index (Phi) is 5.96. The van der Waals surface area contributed by atoms with Crippen molar-refractivity contribution in [2.24, 2.45) is 0 Å². The normalized spacial score (nSPS) is 23.2. The molecule has 12 heteroatoms. The zero-order chi connectivity index (χ0) is 22.0. The maximum absolute atomic E-state index is 11.7. The van der Waals surface area contributed by atoms with Crippen LogP contribution >= 0.6 is 0 Å². The summed E-state index contributed by atoms with van der Waals surface area (Å²) in [7, 11) is 0. The molecule has 0 aliphatic carbocycles. The van der Waals surface area contributed by atoms with Crippen LogP contribution in [0.3, 0.4) is 0 Å². The lowest BCUT2D eigenvalue weighted by atomic mass is 10.1. The van der Waals surface area contributed by atoms with E-state index < -0.39 is 47.4 Å². The highest BCUT2D eigenvalue weighted by molar-refractivity contribution is 5.84. The Morgan fingerprint density at radius 1 is 1.13 bits per heavy atom. The summed E-state index contributed by atoms with van der Waals surface area (Å²) in [6.45, 7) is 3.31. The topological polar surface area (TPSA) is 149 Å². The molecule has 2 aromatic rings. The quantitative estimate of drug-likeness (QED) is 0.289. The number of hydrogen-bond donors (Lipinski definition) is 0. The summed E-state index contributed by atoms with van der Waals surface area (Å²) < 4.78 is 23.0. The first-order chi connectivity index (χ1) is 14.2. The zero-order valence-electron chi connectivity index (χ0n) is 16.3. The van der Waals surface area contributed by atoms with Gasteiger partial charge in [0.05, 0.1) is 16.8 Å². The number of hydrogen-bond acceptors (Lipinski definition) is 10. The molecule has 1 aromatic heterocycles. The Bertz CT molecular complexity index is 1000. The van der Waals surface area contributed by atoms with Gasteiger partial charge in [-0.15, -0.1) is 0 Å². The lowest BCUT2D eigenvalue weighted by Gasteiger charge is -2.23. The van der Waals surface area contributed by atoms with Gasteiger partial charge >= 0.3 is 17.9 Å². The van der Waals surface area contributed by atoms with Crippen molar-refractivity contribution < 1.29 is 38.3 Å². The van der Waals surface area contributed by atoms with Crippen LogP contribution in [-0.4, -0.2) is 57.3 Å². The van der Waals surface area contributed by atoms with Gasteiger partial charge in [-0.1, -0.05) is 6.07 Å². The van der Waals surface area contributed by atoms with Gasteiger partial charge in [0.2, 0.25) is 0 Å². The minimum absolute atomic E-state index is 0.111. The molecule has 0 unspecified atom stereocenters. The number of non-ortho nitro benzene ring substituents is 1. The van der Waals surface area contributed by atoms with Crippen LogP contribution in [0, 0.1) is 10.1 Å². The van der Waals surface area contributed by atoms with E-state index in [9.17, 15) is 24.5 Å². The van der Waals surface area contributed by atoms with Gasteiger partial charge in [0.25, 0.3) is 5.69 Å². The molecular formula is C18H19N3O9. The number of fused-ring (bicyclic) bond motifs is 1. The Hall–Kier alpha value is -3.54. The monoisotopic (exact) mass is 421 g/mol. The Morgan fingerprint density at radius 3 is 2.40 bits per heavy atom. The molecule has 1 saturated heterocycles. The SMILES string of the molecule is CC(=O)OC[C@H]1O[C@@H](n2cnc3c([N+](=O)[O-])cccc32)[C@H](OC(C)=O)[C@@H]1OC(C)=O. The predicted molar refractivity (Wildman–Crippen MR) is 98.0 cm³/mol. The van der Waals surface area contributed by atoms with Crippen LogP contribution in [0.4, 0.5) is 5.69 Å². The number of benzene rings is 1. The summed E-state index contributed by atoms with van der Waals surface area (Å²) in [5, 5.41) is 11.3. The number of nitro benzene ring substituents is 1. The zero-order valence-corrected chi connectivity index (χ0v) is 16.3. The number of rotatable bonds is 6. The van der Waals surface area contributed by atoms with Crippen molar-refractivity contribution >= 4 is 34.6 Å². The first kappa shape index (κ1) is 21.2. The van der Waals surface area contributed by atoms with Crippen molar-refractivity contribution in [2.75, 3.05) is 6.61 Å². The predicted octanol–water partition coefficient (Wildman–Crippen LogP) is 1.27. The minimum atomic E-state index is -1.11. The minimum Gasteiger partial charge on any atom is -0.463 e. The van der Waals surface area contributed by atoms with E-state index in [1.807, 2.05) is 0 Å². The third-order valence-corrected chi connectivity index (χ3v) is 4.39. The second kappa shape index (κ2) is 8.45. The molecule has 3 rings (SSSR count). The van der Waals surface area contributed by atoms with E-state index in [4.69, 9.17) is 18.9 Å². The van der Waals surface area contributed by atoms with E-state index in [2.05, 4.69) is 4.98 Å². The molecule has 0 saturated carbocycles. The summed E-state index contributed by atoms with van der Waals surface area (Å²) in [4.78, 5) is 49.4. The van der Waals surface area contributed by atoms with Crippen molar-refractivity contribution in [3.8, 4) is 0 Å². The first-order valence-electron chi connectivity index (χ1n) is 8.92. The van der Waals surface area contributed by atoms with Crippen LogP contribution in [0.1, 0.15) is 27.0 Å². The standard InChI is InChI=1S/C18H19N3O9/c1-9(22)27-7-14-16(28-10(2)23)17(29-11(3)24)18(30-14)20-8-19-15-12(20)5-4-6-13(15)21(25)26/h4-6,8,14,16-18H,7H2,1-3H3/t14-,16-,17-,18-/m1/s1. The molecule has 0 bridgehead atoms. The third kappa shape index (κ3) is 4.22. The average Bonchev–Trinajstić information content (AvgIpc) is 3.21. The number of imidazole rings is 1. The molecule has 2 heterocycles. The van der Waals surface area contributed by atoms with E-state index in [0.29, 0.717) is 5.52 Å². The van der Waals surface area contributed by atoms with E-state index in [1.165, 1.54) is 43.8 Å². The summed E-state index contributed by atoms with van der Waals surface area (Å²) in [6.07, 6.45) is -2.86. The highest BCUT2D eigenvalue weighted by Crippen LogP contribution is 2.37. The van der Waals surface area contributed by atoms with Crippen LogP contribution in [0.25, 0.3) is 11.0 Å². The highest BCUT2D eigenvalue weighted by atomic mass is 16.7. The fourth-order valence-corrected chi connectivity index (χ4v) is 3.31. The lowest BCUT2D eigenvalue weighted by Crippen LogP contribution is -2.40. The molecule has 12 nitrogen and oxygen atoms in total. The molecule has 1 aromatic carbocycles. The van der Waals surface area contributed by atoms with Gasteiger partial charge in [-0.3, -0.25) is 29.1 Å². The van der Waals surface area contributed by atoms with Gasteiger partial charge in [0.1, 0.15) is 12.7 Å². The van der Waals surface area contributed by atoms with Gasteiger partial charge < -0.3 is 18.9 Å².